The Morgan fingerprint density at radius 3 is 1.39 bits per heavy atom. The number of nitrogens with zero attached hydrogens (tertiary/aromatic N) is 4. The van der Waals surface area contributed by atoms with E-state index in [1.165, 1.54) is 11.1 Å². The third-order valence-corrected chi connectivity index (χ3v) is 10.6. The van der Waals surface area contributed by atoms with E-state index in [1.807, 2.05) is 36.4 Å². The maximum atomic E-state index is 5.16. The number of anilines is 3. The van der Waals surface area contributed by atoms with Crippen molar-refractivity contribution in [2.45, 2.75) is 13.8 Å². The van der Waals surface area contributed by atoms with Gasteiger partial charge in [0, 0.05) is 39.2 Å². The molecule has 0 aliphatic heterocycles. The molecule has 294 valence electrons. The minimum atomic E-state index is 0.518. The van der Waals surface area contributed by atoms with Gasteiger partial charge in [-0.3, -0.25) is 0 Å². The molecule has 0 amide bonds. The largest absolute Gasteiger partial charge is 0.309 e. The van der Waals surface area contributed by atoms with E-state index in [2.05, 4.69) is 202 Å². The zero-order valence-corrected chi connectivity index (χ0v) is 34.5. The molecule has 0 aliphatic rings. The number of benzene rings is 7. The van der Waals surface area contributed by atoms with Gasteiger partial charge < -0.3 is 4.90 Å². The van der Waals surface area contributed by atoms with Gasteiger partial charge in [-0.05, 0) is 83.6 Å². The molecule has 0 saturated carbocycles. The van der Waals surface area contributed by atoms with Crippen LogP contribution in [-0.2, 0) is 0 Å². The van der Waals surface area contributed by atoms with Crippen LogP contribution in [0.5, 0.6) is 0 Å². The first-order valence-electron chi connectivity index (χ1n) is 20.5. The van der Waals surface area contributed by atoms with Crippen molar-refractivity contribution in [2.24, 2.45) is 0 Å². The van der Waals surface area contributed by atoms with Gasteiger partial charge in [-0.1, -0.05) is 195 Å². The van der Waals surface area contributed by atoms with Crippen LogP contribution in [0.25, 0.3) is 67.3 Å². The topological polar surface area (TPSA) is 41.9 Å². The number of hydrogen-bond donors (Lipinski definition) is 0. The molecule has 7 aromatic carbocycles. The fourth-order valence-electron chi connectivity index (χ4n) is 7.57. The van der Waals surface area contributed by atoms with Crippen molar-refractivity contribution in [1.82, 2.24) is 15.0 Å². The van der Waals surface area contributed by atoms with Gasteiger partial charge in [-0.2, -0.15) is 0 Å². The van der Waals surface area contributed by atoms with Crippen molar-refractivity contribution in [3.05, 3.63) is 243 Å². The van der Waals surface area contributed by atoms with E-state index in [9.17, 15) is 0 Å². The normalized spacial score (nSPS) is 11.7. The van der Waals surface area contributed by atoms with Crippen molar-refractivity contribution < 1.29 is 0 Å². The lowest BCUT2D eigenvalue weighted by Crippen LogP contribution is -2.14. The summed E-state index contributed by atoms with van der Waals surface area (Å²) in [6, 6.07) is 63.8. The Bertz CT molecular complexity index is 2780. The Balaban J connectivity index is 1.43. The minimum Gasteiger partial charge on any atom is -0.309 e. The fraction of sp³-hybridized carbons (Fsp3) is 0.0351. The molecule has 0 spiro atoms. The van der Waals surface area contributed by atoms with Gasteiger partial charge in [0.05, 0.1) is 5.69 Å². The lowest BCUT2D eigenvalue weighted by Gasteiger charge is -2.31. The third kappa shape index (κ3) is 8.75. The molecule has 0 atom stereocenters. The van der Waals surface area contributed by atoms with Gasteiger partial charge >= 0.3 is 0 Å². The van der Waals surface area contributed by atoms with Crippen LogP contribution >= 0.6 is 0 Å². The summed E-state index contributed by atoms with van der Waals surface area (Å²) < 4.78 is 0. The second kappa shape index (κ2) is 18.8. The highest BCUT2D eigenvalue weighted by Crippen LogP contribution is 2.48. The summed E-state index contributed by atoms with van der Waals surface area (Å²) in [5, 5.41) is 0. The summed E-state index contributed by atoms with van der Waals surface area (Å²) in [7, 11) is 0. The standard InChI is InChI=1S/C57H46N4/c1-5-21-41(7-3)52-39-49(57-59-55(42(8-4)22-6-2)58-56(60-57)48-29-19-12-20-30-48)40-53(47-27-17-11-18-28-47)54(52)61(50-35-31-45(32-36-50)43-23-13-9-14-24-43)51-37-33-46(34-38-51)44-25-15-10-16-26-44/h5-40H,2,4H2,1,3H3/b21-5-,41-7+,42-22+. The first kappa shape index (κ1) is 39.9. The molecule has 61 heavy (non-hydrogen) atoms. The van der Waals surface area contributed by atoms with Gasteiger partial charge in [-0.15, -0.1) is 0 Å². The van der Waals surface area contributed by atoms with Gasteiger partial charge in [0.2, 0.25) is 0 Å². The quantitative estimate of drug-likeness (QED) is 0.109. The van der Waals surface area contributed by atoms with E-state index < -0.39 is 0 Å². The van der Waals surface area contributed by atoms with Crippen LogP contribution in [0.15, 0.2) is 232 Å². The third-order valence-electron chi connectivity index (χ3n) is 10.6. The molecule has 8 aromatic rings. The zero-order chi connectivity index (χ0) is 42.0. The van der Waals surface area contributed by atoms with Crippen LogP contribution in [0.3, 0.4) is 0 Å². The van der Waals surface area contributed by atoms with Crippen LogP contribution in [-0.4, -0.2) is 15.0 Å². The second-order valence-electron chi connectivity index (χ2n) is 14.4. The Labute approximate surface area is 359 Å². The second-order valence-corrected chi connectivity index (χ2v) is 14.4. The highest BCUT2D eigenvalue weighted by molar-refractivity contribution is 5.99. The predicted octanol–water partition coefficient (Wildman–Crippen LogP) is 15.4. The van der Waals surface area contributed by atoms with E-state index in [-0.39, 0.29) is 0 Å². The molecular weight excluding hydrogens is 741 g/mol. The zero-order valence-electron chi connectivity index (χ0n) is 34.5. The molecule has 0 radical (unpaired) electrons. The summed E-state index contributed by atoms with van der Waals surface area (Å²) in [5.74, 6) is 1.64. The van der Waals surface area contributed by atoms with Gasteiger partial charge in [0.1, 0.15) is 0 Å². The molecule has 0 N–H and O–H groups in total. The minimum absolute atomic E-state index is 0.518. The predicted molar refractivity (Wildman–Crippen MR) is 259 cm³/mol. The van der Waals surface area contributed by atoms with Crippen molar-refractivity contribution in [2.75, 3.05) is 4.90 Å². The van der Waals surface area contributed by atoms with Crippen molar-refractivity contribution in [3.63, 3.8) is 0 Å². The first-order chi connectivity index (χ1) is 30.1. The molecule has 1 heterocycles. The monoisotopic (exact) mass is 786 g/mol. The van der Waals surface area contributed by atoms with E-state index in [0.717, 1.165) is 67.2 Å². The number of hydrogen-bond acceptors (Lipinski definition) is 4. The molecular formula is C57H46N4. The van der Waals surface area contributed by atoms with Crippen LogP contribution < -0.4 is 4.90 Å². The maximum absolute atomic E-state index is 5.16. The Morgan fingerprint density at radius 1 is 0.475 bits per heavy atom. The number of rotatable bonds is 13. The molecule has 4 heteroatoms. The van der Waals surface area contributed by atoms with Gasteiger partial charge in [0.25, 0.3) is 0 Å². The lowest BCUT2D eigenvalue weighted by molar-refractivity contribution is 1.04. The van der Waals surface area contributed by atoms with Crippen molar-refractivity contribution in [1.29, 1.82) is 0 Å². The molecule has 8 rings (SSSR count). The summed E-state index contributed by atoms with van der Waals surface area (Å²) in [6.07, 6.45) is 11.8. The molecule has 0 fully saturated rings. The molecule has 0 saturated heterocycles. The molecule has 1 aromatic heterocycles. The average Bonchev–Trinajstić information content (AvgIpc) is 3.34. The average molecular weight is 787 g/mol. The van der Waals surface area contributed by atoms with Crippen LogP contribution in [0.2, 0.25) is 0 Å². The van der Waals surface area contributed by atoms with Crippen LogP contribution in [0, 0.1) is 0 Å². The van der Waals surface area contributed by atoms with Gasteiger partial charge in [0.15, 0.2) is 17.5 Å². The van der Waals surface area contributed by atoms with Crippen LogP contribution in [0.4, 0.5) is 17.1 Å². The summed E-state index contributed by atoms with van der Waals surface area (Å²) in [6.45, 7) is 12.2. The number of allylic oxidation sites excluding steroid dienone is 8. The molecule has 0 bridgehead atoms. The van der Waals surface area contributed by atoms with E-state index >= 15 is 0 Å². The van der Waals surface area contributed by atoms with E-state index in [4.69, 9.17) is 15.0 Å². The van der Waals surface area contributed by atoms with E-state index in [1.54, 1.807) is 12.2 Å². The van der Waals surface area contributed by atoms with Crippen LogP contribution in [0.1, 0.15) is 25.2 Å². The smallest absolute Gasteiger partial charge is 0.164 e. The van der Waals surface area contributed by atoms with E-state index in [0.29, 0.717) is 17.5 Å². The van der Waals surface area contributed by atoms with Crippen molar-refractivity contribution in [3.8, 4) is 56.2 Å². The fourth-order valence-corrected chi connectivity index (χ4v) is 7.57. The summed E-state index contributed by atoms with van der Waals surface area (Å²) in [4.78, 5) is 17.6. The first-order valence-corrected chi connectivity index (χ1v) is 20.5. The number of aromatic nitrogens is 3. The SMILES string of the molecule is C=C/C=C(\C=C)c1nc(-c2ccccc2)nc(-c2cc(C(/C=C\C)=C/C)c(N(c3ccc(-c4ccccc4)cc3)c3ccc(-c4ccccc4)cc3)c(-c3ccccc3)c2)n1. The van der Waals surface area contributed by atoms with Gasteiger partial charge in [-0.25, -0.2) is 15.0 Å². The highest BCUT2D eigenvalue weighted by atomic mass is 15.1. The molecule has 4 nitrogen and oxygen atoms in total. The summed E-state index contributed by atoms with van der Waals surface area (Å²) >= 11 is 0. The highest BCUT2D eigenvalue weighted by Gasteiger charge is 2.25. The Morgan fingerprint density at radius 2 is 0.934 bits per heavy atom. The summed E-state index contributed by atoms with van der Waals surface area (Å²) in [5.41, 5.74) is 14.3. The lowest BCUT2D eigenvalue weighted by atomic mass is 9.90. The Hall–Kier alpha value is -7.95. The Kier molecular flexibility index (Phi) is 12.3. The molecule has 0 unspecified atom stereocenters. The van der Waals surface area contributed by atoms with Crippen molar-refractivity contribution >= 4 is 28.2 Å². The maximum Gasteiger partial charge on any atom is 0.164 e. The molecule has 0 aliphatic carbocycles.